The summed E-state index contributed by atoms with van der Waals surface area (Å²) in [7, 11) is 1.81. The molecule has 5 nitrogen and oxygen atoms in total. The Morgan fingerprint density at radius 2 is 2.05 bits per heavy atom. The van der Waals surface area contributed by atoms with Crippen molar-refractivity contribution in [3.05, 3.63) is 46.7 Å². The van der Waals surface area contributed by atoms with E-state index in [1.807, 2.05) is 13.8 Å². The molecule has 1 N–H and O–H groups in total. The number of rotatable bonds is 2. The standard InChI is InChI=1S/C16H16FN3O2/c1-8-11-6-5-7-12(17)15(11)22-14(8)16(21)18-13-9(2)19-20(4)10(13)3/h5-7H,1-4H3,(H,18,21). The number of anilines is 1. The van der Waals surface area contributed by atoms with Crippen molar-refractivity contribution in [1.82, 2.24) is 9.78 Å². The van der Waals surface area contributed by atoms with Gasteiger partial charge in [-0.25, -0.2) is 4.39 Å². The van der Waals surface area contributed by atoms with Crippen LogP contribution in [0.2, 0.25) is 0 Å². The molecule has 22 heavy (non-hydrogen) atoms. The van der Waals surface area contributed by atoms with Crippen LogP contribution in [0.4, 0.5) is 10.1 Å². The monoisotopic (exact) mass is 301 g/mol. The van der Waals surface area contributed by atoms with E-state index in [4.69, 9.17) is 4.42 Å². The number of halogens is 1. The van der Waals surface area contributed by atoms with Crippen LogP contribution in [0, 0.1) is 26.6 Å². The Labute approximate surface area is 126 Å². The van der Waals surface area contributed by atoms with E-state index in [9.17, 15) is 9.18 Å². The molecule has 1 amide bonds. The van der Waals surface area contributed by atoms with Gasteiger partial charge in [0.15, 0.2) is 17.2 Å². The maximum Gasteiger partial charge on any atom is 0.291 e. The molecule has 6 heteroatoms. The molecule has 0 atom stereocenters. The Hall–Kier alpha value is -2.63. The minimum absolute atomic E-state index is 0.102. The number of hydrogen-bond donors (Lipinski definition) is 1. The first-order valence-corrected chi connectivity index (χ1v) is 6.89. The third-order valence-electron chi connectivity index (χ3n) is 3.87. The second-order valence-electron chi connectivity index (χ2n) is 5.30. The Bertz CT molecular complexity index is 893. The molecule has 0 saturated carbocycles. The maximum atomic E-state index is 13.8. The van der Waals surface area contributed by atoms with Gasteiger partial charge in [0.2, 0.25) is 0 Å². The molecule has 1 aromatic carbocycles. The van der Waals surface area contributed by atoms with Crippen molar-refractivity contribution in [2.75, 3.05) is 5.32 Å². The zero-order valence-corrected chi connectivity index (χ0v) is 12.8. The minimum atomic E-state index is -0.478. The lowest BCUT2D eigenvalue weighted by atomic mass is 10.1. The van der Waals surface area contributed by atoms with Gasteiger partial charge in [-0.1, -0.05) is 12.1 Å². The van der Waals surface area contributed by atoms with Crippen molar-refractivity contribution in [3.63, 3.8) is 0 Å². The van der Waals surface area contributed by atoms with Gasteiger partial charge in [-0.15, -0.1) is 0 Å². The van der Waals surface area contributed by atoms with E-state index >= 15 is 0 Å². The summed E-state index contributed by atoms with van der Waals surface area (Å²) in [5.41, 5.74) is 2.92. The molecule has 0 saturated heterocycles. The molecule has 0 aliphatic heterocycles. The summed E-state index contributed by atoms with van der Waals surface area (Å²) < 4.78 is 20.9. The molecule has 3 rings (SSSR count). The predicted octanol–water partition coefficient (Wildman–Crippen LogP) is 3.48. The second kappa shape index (κ2) is 4.98. The van der Waals surface area contributed by atoms with E-state index in [0.717, 1.165) is 5.69 Å². The van der Waals surface area contributed by atoms with E-state index in [1.54, 1.807) is 30.8 Å². The summed E-state index contributed by atoms with van der Waals surface area (Å²) in [5, 5.41) is 7.65. The Kier molecular flexibility index (Phi) is 3.24. The third kappa shape index (κ3) is 2.07. The van der Waals surface area contributed by atoms with Gasteiger partial charge >= 0.3 is 0 Å². The molecule has 0 unspecified atom stereocenters. The van der Waals surface area contributed by atoms with Gasteiger partial charge in [-0.05, 0) is 26.8 Å². The summed E-state index contributed by atoms with van der Waals surface area (Å²) in [5.74, 6) is -0.775. The average Bonchev–Trinajstić information content (AvgIpc) is 2.93. The van der Waals surface area contributed by atoms with Gasteiger partial charge in [0.05, 0.1) is 17.1 Å². The Morgan fingerprint density at radius 3 is 2.64 bits per heavy atom. The van der Waals surface area contributed by atoms with Gasteiger partial charge in [0.25, 0.3) is 5.91 Å². The van der Waals surface area contributed by atoms with Crippen molar-refractivity contribution >= 4 is 22.6 Å². The summed E-state index contributed by atoms with van der Waals surface area (Å²) in [6.45, 7) is 5.41. The highest BCUT2D eigenvalue weighted by molar-refractivity contribution is 6.07. The number of aryl methyl sites for hydroxylation is 3. The maximum absolute atomic E-state index is 13.8. The molecule has 114 valence electrons. The number of fused-ring (bicyclic) bond motifs is 1. The van der Waals surface area contributed by atoms with Crippen LogP contribution in [0.1, 0.15) is 27.5 Å². The molecule has 3 aromatic rings. The molecule has 0 aliphatic carbocycles. The van der Waals surface area contributed by atoms with E-state index in [1.165, 1.54) is 6.07 Å². The van der Waals surface area contributed by atoms with E-state index < -0.39 is 11.7 Å². The van der Waals surface area contributed by atoms with Gasteiger partial charge in [0.1, 0.15) is 0 Å². The third-order valence-corrected chi connectivity index (χ3v) is 3.87. The SMILES string of the molecule is Cc1nn(C)c(C)c1NC(=O)c1oc2c(F)cccc2c1C. The molecule has 0 fully saturated rings. The Morgan fingerprint density at radius 1 is 1.32 bits per heavy atom. The zero-order valence-electron chi connectivity index (χ0n) is 12.8. The number of furan rings is 1. The summed E-state index contributed by atoms with van der Waals surface area (Å²) in [4.78, 5) is 12.5. The van der Waals surface area contributed by atoms with Crippen LogP contribution in [0.3, 0.4) is 0 Å². The smallest absolute Gasteiger partial charge is 0.291 e. The van der Waals surface area contributed by atoms with Crippen LogP contribution >= 0.6 is 0 Å². The zero-order chi connectivity index (χ0) is 16.0. The minimum Gasteiger partial charge on any atom is -0.448 e. The van der Waals surface area contributed by atoms with Crippen molar-refractivity contribution in [3.8, 4) is 0 Å². The number of carbonyl (C=O) groups is 1. The molecule has 0 radical (unpaired) electrons. The number of hydrogen-bond acceptors (Lipinski definition) is 3. The summed E-state index contributed by atoms with van der Waals surface area (Å²) >= 11 is 0. The molecule has 0 bridgehead atoms. The van der Waals surface area contributed by atoms with Crippen molar-refractivity contribution in [1.29, 1.82) is 0 Å². The highest BCUT2D eigenvalue weighted by Crippen LogP contribution is 2.28. The lowest BCUT2D eigenvalue weighted by Crippen LogP contribution is -2.13. The molecule has 2 heterocycles. The van der Waals surface area contributed by atoms with Crippen molar-refractivity contribution in [2.24, 2.45) is 7.05 Å². The first-order valence-electron chi connectivity index (χ1n) is 6.89. The largest absolute Gasteiger partial charge is 0.448 e. The number of nitrogens with one attached hydrogen (secondary N) is 1. The summed E-state index contributed by atoms with van der Waals surface area (Å²) in [6, 6.07) is 4.63. The van der Waals surface area contributed by atoms with Crippen LogP contribution < -0.4 is 5.32 Å². The first kappa shape index (κ1) is 14.3. The highest BCUT2D eigenvalue weighted by Gasteiger charge is 2.21. The lowest BCUT2D eigenvalue weighted by molar-refractivity contribution is 0.0997. The highest BCUT2D eigenvalue weighted by atomic mass is 19.1. The van der Waals surface area contributed by atoms with Gasteiger partial charge in [-0.3, -0.25) is 9.48 Å². The number of benzene rings is 1. The van der Waals surface area contributed by atoms with Gasteiger partial charge in [0, 0.05) is 18.0 Å². The van der Waals surface area contributed by atoms with Crippen LogP contribution in [0.5, 0.6) is 0 Å². The lowest BCUT2D eigenvalue weighted by Gasteiger charge is -2.04. The van der Waals surface area contributed by atoms with E-state index in [0.29, 0.717) is 22.3 Å². The molecular formula is C16H16FN3O2. The molecule has 2 aromatic heterocycles. The number of para-hydroxylation sites is 1. The predicted molar refractivity (Wildman–Crippen MR) is 81.5 cm³/mol. The summed E-state index contributed by atoms with van der Waals surface area (Å²) in [6.07, 6.45) is 0. The normalized spacial score (nSPS) is 11.1. The average molecular weight is 301 g/mol. The first-order chi connectivity index (χ1) is 10.4. The fraction of sp³-hybridized carbons (Fsp3) is 0.250. The number of amides is 1. The van der Waals surface area contributed by atoms with Crippen LogP contribution in [-0.4, -0.2) is 15.7 Å². The molecular weight excluding hydrogens is 285 g/mol. The van der Waals surface area contributed by atoms with Crippen molar-refractivity contribution < 1.29 is 13.6 Å². The fourth-order valence-corrected chi connectivity index (χ4v) is 2.55. The molecule has 0 spiro atoms. The van der Waals surface area contributed by atoms with Gasteiger partial charge in [-0.2, -0.15) is 5.10 Å². The van der Waals surface area contributed by atoms with Gasteiger partial charge < -0.3 is 9.73 Å². The number of carbonyl (C=O) groups excluding carboxylic acids is 1. The number of aromatic nitrogens is 2. The van der Waals surface area contributed by atoms with E-state index in [-0.39, 0.29) is 11.3 Å². The van der Waals surface area contributed by atoms with Crippen LogP contribution in [-0.2, 0) is 7.05 Å². The topological polar surface area (TPSA) is 60.1 Å². The van der Waals surface area contributed by atoms with Crippen LogP contribution in [0.15, 0.2) is 22.6 Å². The second-order valence-corrected chi connectivity index (χ2v) is 5.30. The van der Waals surface area contributed by atoms with Crippen LogP contribution in [0.25, 0.3) is 11.0 Å². The Balaban J connectivity index is 2.03. The van der Waals surface area contributed by atoms with E-state index in [2.05, 4.69) is 10.4 Å². The molecule has 0 aliphatic rings. The van der Waals surface area contributed by atoms with Crippen molar-refractivity contribution in [2.45, 2.75) is 20.8 Å². The quantitative estimate of drug-likeness (QED) is 0.788. The fourth-order valence-electron chi connectivity index (χ4n) is 2.55. The number of nitrogens with zero attached hydrogens (tertiary/aromatic N) is 2.